The minimum atomic E-state index is -0.381. The van der Waals surface area contributed by atoms with Crippen molar-refractivity contribution < 1.29 is 0 Å². The molecule has 4 aromatic carbocycles. The van der Waals surface area contributed by atoms with Gasteiger partial charge < -0.3 is 0 Å². The van der Waals surface area contributed by atoms with E-state index < -0.39 is 0 Å². The second kappa shape index (κ2) is 9.01. The molecule has 0 radical (unpaired) electrons. The van der Waals surface area contributed by atoms with Crippen molar-refractivity contribution in [3.05, 3.63) is 126 Å². The average molecular weight is 436 g/mol. The number of fused-ring (bicyclic) bond motifs is 1. The van der Waals surface area contributed by atoms with Crippen molar-refractivity contribution in [3.8, 4) is 0 Å². The van der Waals surface area contributed by atoms with Gasteiger partial charge in [0, 0.05) is 17.7 Å². The van der Waals surface area contributed by atoms with E-state index in [2.05, 4.69) is 114 Å². The van der Waals surface area contributed by atoms with Crippen LogP contribution in [0.4, 0.5) is 0 Å². The largest absolute Gasteiger partial charge is 0.227 e. The van der Waals surface area contributed by atoms with Gasteiger partial charge in [0.15, 0.2) is 0 Å². The summed E-state index contributed by atoms with van der Waals surface area (Å²) in [5, 5.41) is 9.24. The Kier molecular flexibility index (Phi) is 5.78. The van der Waals surface area contributed by atoms with Crippen molar-refractivity contribution in [3.63, 3.8) is 0 Å². The first-order chi connectivity index (χ1) is 15.7. The number of aromatic nitrogens is 3. The molecule has 1 aromatic heterocycles. The number of para-hydroxylation sites is 1. The maximum absolute atomic E-state index is 4.72. The molecule has 0 bridgehead atoms. The first-order valence-corrected chi connectivity index (χ1v) is 11.7. The van der Waals surface area contributed by atoms with Gasteiger partial charge in [-0.25, -0.2) is 4.68 Å². The summed E-state index contributed by atoms with van der Waals surface area (Å²) in [5.41, 5.74) is 5.81. The van der Waals surface area contributed by atoms with Crippen LogP contribution in [0.5, 0.6) is 0 Å². The molecular weight excluding hydrogens is 410 g/mol. The predicted octanol–water partition coefficient (Wildman–Crippen LogP) is 6.67. The van der Waals surface area contributed by atoms with Gasteiger partial charge in [0.1, 0.15) is 10.4 Å². The van der Waals surface area contributed by atoms with Crippen LogP contribution in [0.25, 0.3) is 11.0 Å². The minimum Gasteiger partial charge on any atom is -0.227 e. The second-order valence-electron chi connectivity index (χ2n) is 8.18. The summed E-state index contributed by atoms with van der Waals surface area (Å²) in [5.74, 6) is 0. The SMILES string of the molecule is Cc1ccc(CC(Cc2ccccc2)(Sc2ccccc2)n2nnc3ccccc32)cc1. The monoisotopic (exact) mass is 435 g/mol. The second-order valence-corrected chi connectivity index (χ2v) is 9.61. The molecule has 0 amide bonds. The van der Waals surface area contributed by atoms with Gasteiger partial charge in [-0.15, -0.1) is 5.10 Å². The van der Waals surface area contributed by atoms with E-state index >= 15 is 0 Å². The number of thioether (sulfide) groups is 1. The van der Waals surface area contributed by atoms with E-state index in [9.17, 15) is 0 Å². The first-order valence-electron chi connectivity index (χ1n) is 10.9. The van der Waals surface area contributed by atoms with Crippen molar-refractivity contribution in [2.45, 2.75) is 29.5 Å². The van der Waals surface area contributed by atoms with Crippen LogP contribution in [0.1, 0.15) is 16.7 Å². The lowest BCUT2D eigenvalue weighted by atomic mass is 9.97. The molecule has 1 atom stereocenters. The van der Waals surface area contributed by atoms with E-state index in [0.717, 1.165) is 23.9 Å². The molecule has 0 aliphatic rings. The van der Waals surface area contributed by atoms with Gasteiger partial charge >= 0.3 is 0 Å². The molecule has 5 aromatic rings. The molecule has 158 valence electrons. The zero-order valence-corrected chi connectivity index (χ0v) is 18.9. The number of benzene rings is 4. The Morgan fingerprint density at radius 3 is 2.00 bits per heavy atom. The minimum absolute atomic E-state index is 0.381. The van der Waals surface area contributed by atoms with Gasteiger partial charge in [0.05, 0.1) is 5.52 Å². The molecule has 5 rings (SSSR count). The third-order valence-corrected chi connectivity index (χ3v) is 7.06. The summed E-state index contributed by atoms with van der Waals surface area (Å²) in [6, 6.07) is 38.4. The lowest BCUT2D eigenvalue weighted by Gasteiger charge is -2.34. The summed E-state index contributed by atoms with van der Waals surface area (Å²) in [6.45, 7) is 2.13. The number of hydrogen-bond donors (Lipinski definition) is 0. The highest BCUT2D eigenvalue weighted by Crippen LogP contribution is 2.43. The van der Waals surface area contributed by atoms with Crippen LogP contribution in [0.15, 0.2) is 114 Å². The van der Waals surface area contributed by atoms with E-state index in [1.807, 2.05) is 23.9 Å². The number of aryl methyl sites for hydroxylation is 1. The third kappa shape index (κ3) is 4.32. The van der Waals surface area contributed by atoms with Gasteiger partial charge in [-0.1, -0.05) is 107 Å². The molecule has 32 heavy (non-hydrogen) atoms. The van der Waals surface area contributed by atoms with Crippen LogP contribution in [0.2, 0.25) is 0 Å². The van der Waals surface area contributed by atoms with Crippen LogP contribution in [-0.4, -0.2) is 15.0 Å². The fourth-order valence-electron chi connectivity index (χ4n) is 4.15. The van der Waals surface area contributed by atoms with Crippen molar-refractivity contribution in [2.24, 2.45) is 0 Å². The molecule has 1 unspecified atom stereocenters. The van der Waals surface area contributed by atoms with Crippen LogP contribution >= 0.6 is 11.8 Å². The summed E-state index contributed by atoms with van der Waals surface area (Å²) >= 11 is 1.86. The van der Waals surface area contributed by atoms with Crippen molar-refractivity contribution >= 4 is 22.8 Å². The molecule has 0 aliphatic heterocycles. The molecule has 0 fully saturated rings. The van der Waals surface area contributed by atoms with Crippen molar-refractivity contribution in [1.82, 2.24) is 15.0 Å². The van der Waals surface area contributed by atoms with Gasteiger partial charge in [0.25, 0.3) is 0 Å². The van der Waals surface area contributed by atoms with Gasteiger partial charge in [0.2, 0.25) is 0 Å². The first kappa shape index (κ1) is 20.5. The zero-order valence-electron chi connectivity index (χ0n) is 18.1. The molecule has 0 N–H and O–H groups in total. The number of rotatable bonds is 7. The molecule has 0 spiro atoms. The highest BCUT2D eigenvalue weighted by atomic mass is 32.2. The quantitative estimate of drug-likeness (QED) is 0.268. The van der Waals surface area contributed by atoms with Crippen LogP contribution in [0, 0.1) is 6.92 Å². The Morgan fingerprint density at radius 1 is 0.688 bits per heavy atom. The van der Waals surface area contributed by atoms with Gasteiger partial charge in [-0.2, -0.15) is 0 Å². The van der Waals surface area contributed by atoms with E-state index in [1.165, 1.54) is 21.6 Å². The van der Waals surface area contributed by atoms with Crippen LogP contribution in [-0.2, 0) is 17.7 Å². The molecule has 1 heterocycles. The Balaban J connectivity index is 1.70. The fraction of sp³-hybridized carbons (Fsp3) is 0.143. The summed E-state index contributed by atoms with van der Waals surface area (Å²) in [4.78, 5) is 0.837. The Bertz CT molecular complexity index is 1250. The molecule has 4 heteroatoms. The van der Waals surface area contributed by atoms with E-state index in [1.54, 1.807) is 0 Å². The van der Waals surface area contributed by atoms with E-state index in [-0.39, 0.29) is 4.87 Å². The molecule has 3 nitrogen and oxygen atoms in total. The van der Waals surface area contributed by atoms with Crippen LogP contribution in [0.3, 0.4) is 0 Å². The van der Waals surface area contributed by atoms with Crippen molar-refractivity contribution in [1.29, 1.82) is 0 Å². The summed E-state index contributed by atoms with van der Waals surface area (Å²) in [7, 11) is 0. The van der Waals surface area contributed by atoms with Gasteiger partial charge in [-0.3, -0.25) is 0 Å². The highest BCUT2D eigenvalue weighted by Gasteiger charge is 2.37. The number of hydrogen-bond acceptors (Lipinski definition) is 3. The Hall–Kier alpha value is -3.37. The standard InChI is InChI=1S/C28H25N3S/c1-22-16-18-24(19-17-22)21-28(20-23-10-4-2-5-11-23,32-25-12-6-3-7-13-25)31-27-15-9-8-14-26(27)29-30-31/h2-19H,20-21H2,1H3. The highest BCUT2D eigenvalue weighted by molar-refractivity contribution is 8.00. The predicted molar refractivity (Wildman–Crippen MR) is 133 cm³/mol. The number of nitrogens with zero attached hydrogens (tertiary/aromatic N) is 3. The maximum Gasteiger partial charge on any atom is 0.123 e. The van der Waals surface area contributed by atoms with Crippen LogP contribution < -0.4 is 0 Å². The van der Waals surface area contributed by atoms with Gasteiger partial charge in [-0.05, 0) is 42.3 Å². The zero-order chi connectivity index (χ0) is 21.8. The molecule has 0 aliphatic carbocycles. The average Bonchev–Trinajstić information content (AvgIpc) is 3.27. The summed E-state index contributed by atoms with van der Waals surface area (Å²) in [6.07, 6.45) is 1.66. The Labute approximate surface area is 193 Å². The van der Waals surface area contributed by atoms with Crippen molar-refractivity contribution in [2.75, 3.05) is 0 Å². The van der Waals surface area contributed by atoms with E-state index in [4.69, 9.17) is 5.21 Å². The molecular formula is C28H25N3S. The maximum atomic E-state index is 4.72. The Morgan fingerprint density at radius 2 is 1.28 bits per heavy atom. The molecule has 0 saturated carbocycles. The lowest BCUT2D eigenvalue weighted by molar-refractivity contribution is 0.397. The lowest BCUT2D eigenvalue weighted by Crippen LogP contribution is -2.36. The third-order valence-electron chi connectivity index (χ3n) is 5.71. The fourth-order valence-corrected chi connectivity index (χ4v) is 5.58. The normalized spacial score (nSPS) is 13.2. The molecule has 0 saturated heterocycles. The summed E-state index contributed by atoms with van der Waals surface area (Å²) < 4.78 is 2.15. The van der Waals surface area contributed by atoms with E-state index in [0.29, 0.717) is 0 Å². The smallest absolute Gasteiger partial charge is 0.123 e. The topological polar surface area (TPSA) is 30.7 Å².